The number of nitrogens with zero attached hydrogens (tertiary/aromatic N) is 3. The Labute approximate surface area is 123 Å². The van der Waals surface area contributed by atoms with Gasteiger partial charge in [-0.15, -0.1) is 0 Å². The Kier molecular flexibility index (Phi) is 3.73. The molecule has 0 radical (unpaired) electrons. The van der Waals surface area contributed by atoms with Crippen LogP contribution in [0, 0.1) is 5.92 Å². The summed E-state index contributed by atoms with van der Waals surface area (Å²) < 4.78 is 1.58. The third-order valence-electron chi connectivity index (χ3n) is 3.98. The van der Waals surface area contributed by atoms with Crippen molar-refractivity contribution in [1.29, 1.82) is 0 Å². The Morgan fingerprint density at radius 3 is 2.60 bits per heavy atom. The molecular formula is C14H21ClN4O. The topological polar surface area (TPSA) is 50.2 Å². The van der Waals surface area contributed by atoms with E-state index >= 15 is 0 Å². The first kappa shape index (κ1) is 13.9. The fourth-order valence-electron chi connectivity index (χ4n) is 2.93. The van der Waals surface area contributed by atoms with Crippen LogP contribution >= 0.6 is 11.6 Å². The number of nitrogens with one attached hydrogen (secondary N) is 1. The highest BCUT2D eigenvalue weighted by Crippen LogP contribution is 2.30. The standard InChI is InChI=1S/C14H21ClN4O/c1-9-6-18(7-10(2)17-9)13-12(15)5-16-19(14(13)20)8-11-3-4-11/h5,9-11,17H,3-4,6-8H2,1-2H3. The number of rotatable bonds is 3. The number of halogens is 1. The SMILES string of the molecule is CC1CN(c2c(Cl)cnn(CC3CC3)c2=O)CC(C)N1. The molecule has 2 unspecified atom stereocenters. The molecule has 6 heteroatoms. The Bertz CT molecular complexity index is 545. The van der Waals surface area contributed by atoms with Gasteiger partial charge < -0.3 is 10.2 Å². The molecule has 2 aliphatic rings. The monoisotopic (exact) mass is 296 g/mol. The van der Waals surface area contributed by atoms with Gasteiger partial charge in [-0.1, -0.05) is 11.6 Å². The maximum absolute atomic E-state index is 12.6. The summed E-state index contributed by atoms with van der Waals surface area (Å²) in [7, 11) is 0. The molecule has 5 nitrogen and oxygen atoms in total. The fraction of sp³-hybridized carbons (Fsp3) is 0.714. The van der Waals surface area contributed by atoms with Gasteiger partial charge in [0.15, 0.2) is 0 Å². The van der Waals surface area contributed by atoms with E-state index in [4.69, 9.17) is 11.6 Å². The summed E-state index contributed by atoms with van der Waals surface area (Å²) in [4.78, 5) is 14.7. The summed E-state index contributed by atoms with van der Waals surface area (Å²) >= 11 is 6.24. The molecule has 1 aliphatic carbocycles. The lowest BCUT2D eigenvalue weighted by Gasteiger charge is -2.37. The van der Waals surface area contributed by atoms with E-state index in [9.17, 15) is 4.79 Å². The first-order valence-corrected chi connectivity index (χ1v) is 7.69. The van der Waals surface area contributed by atoms with Crippen LogP contribution in [0.15, 0.2) is 11.0 Å². The van der Waals surface area contributed by atoms with Crippen molar-refractivity contribution in [2.45, 2.75) is 45.3 Å². The maximum atomic E-state index is 12.6. The van der Waals surface area contributed by atoms with Crippen molar-refractivity contribution in [1.82, 2.24) is 15.1 Å². The lowest BCUT2D eigenvalue weighted by Crippen LogP contribution is -2.55. The molecule has 20 heavy (non-hydrogen) atoms. The summed E-state index contributed by atoms with van der Waals surface area (Å²) in [6.07, 6.45) is 4.01. The molecule has 2 heterocycles. The zero-order valence-electron chi connectivity index (χ0n) is 12.0. The van der Waals surface area contributed by atoms with E-state index < -0.39 is 0 Å². The molecule has 1 saturated carbocycles. The van der Waals surface area contributed by atoms with Gasteiger partial charge in [-0.25, -0.2) is 4.68 Å². The maximum Gasteiger partial charge on any atom is 0.291 e. The van der Waals surface area contributed by atoms with E-state index in [-0.39, 0.29) is 5.56 Å². The first-order chi connectivity index (χ1) is 9.54. The van der Waals surface area contributed by atoms with Gasteiger partial charge in [0.2, 0.25) is 0 Å². The van der Waals surface area contributed by atoms with Gasteiger partial charge in [-0.3, -0.25) is 4.79 Å². The van der Waals surface area contributed by atoms with Crippen LogP contribution in [0.3, 0.4) is 0 Å². The highest BCUT2D eigenvalue weighted by molar-refractivity contribution is 6.33. The third-order valence-corrected chi connectivity index (χ3v) is 4.25. The molecule has 0 amide bonds. The molecule has 0 spiro atoms. The summed E-state index contributed by atoms with van der Waals surface area (Å²) in [6.45, 7) is 6.57. The molecular weight excluding hydrogens is 276 g/mol. The predicted molar refractivity (Wildman–Crippen MR) is 80.5 cm³/mol. The zero-order valence-corrected chi connectivity index (χ0v) is 12.7. The van der Waals surface area contributed by atoms with Crippen molar-refractivity contribution >= 4 is 17.3 Å². The highest BCUT2D eigenvalue weighted by Gasteiger charge is 2.27. The lowest BCUT2D eigenvalue weighted by molar-refractivity contribution is 0.404. The minimum Gasteiger partial charge on any atom is -0.363 e. The van der Waals surface area contributed by atoms with E-state index in [0.717, 1.165) is 19.6 Å². The highest BCUT2D eigenvalue weighted by atomic mass is 35.5. The summed E-state index contributed by atoms with van der Waals surface area (Å²) in [6, 6.07) is 0.693. The van der Waals surface area contributed by atoms with Crippen molar-refractivity contribution in [2.24, 2.45) is 5.92 Å². The van der Waals surface area contributed by atoms with E-state index in [1.165, 1.54) is 12.8 Å². The normalized spacial score (nSPS) is 26.9. The van der Waals surface area contributed by atoms with Gasteiger partial charge in [0.05, 0.1) is 11.2 Å². The number of aromatic nitrogens is 2. The molecule has 3 rings (SSSR count). The van der Waals surface area contributed by atoms with Crippen LogP contribution in [-0.2, 0) is 6.54 Å². The summed E-state index contributed by atoms with van der Waals surface area (Å²) in [5.41, 5.74) is 0.563. The quantitative estimate of drug-likeness (QED) is 0.918. The first-order valence-electron chi connectivity index (χ1n) is 7.31. The number of anilines is 1. The van der Waals surface area contributed by atoms with Crippen molar-refractivity contribution in [3.8, 4) is 0 Å². The Morgan fingerprint density at radius 1 is 1.35 bits per heavy atom. The second kappa shape index (κ2) is 5.37. The van der Waals surface area contributed by atoms with Crippen LogP contribution in [0.4, 0.5) is 5.69 Å². The smallest absolute Gasteiger partial charge is 0.291 e. The van der Waals surface area contributed by atoms with Gasteiger partial charge >= 0.3 is 0 Å². The van der Waals surface area contributed by atoms with Crippen molar-refractivity contribution in [3.63, 3.8) is 0 Å². The summed E-state index contributed by atoms with van der Waals surface area (Å²) in [5, 5.41) is 8.11. The van der Waals surface area contributed by atoms with Crippen LogP contribution in [0.25, 0.3) is 0 Å². The molecule has 2 atom stereocenters. The Balaban J connectivity index is 1.92. The van der Waals surface area contributed by atoms with E-state index in [1.807, 2.05) is 0 Å². The third kappa shape index (κ3) is 2.83. The minimum atomic E-state index is -0.0503. The van der Waals surface area contributed by atoms with Crippen LogP contribution in [0.2, 0.25) is 5.02 Å². The average molecular weight is 297 g/mol. The van der Waals surface area contributed by atoms with Crippen LogP contribution in [0.1, 0.15) is 26.7 Å². The molecule has 1 N–H and O–H groups in total. The Morgan fingerprint density at radius 2 is 2.00 bits per heavy atom. The van der Waals surface area contributed by atoms with Crippen LogP contribution < -0.4 is 15.8 Å². The number of hydrogen-bond donors (Lipinski definition) is 1. The van der Waals surface area contributed by atoms with Gasteiger partial charge in [-0.2, -0.15) is 5.10 Å². The van der Waals surface area contributed by atoms with E-state index in [0.29, 0.717) is 28.7 Å². The fourth-order valence-corrected chi connectivity index (χ4v) is 3.17. The molecule has 110 valence electrons. The van der Waals surface area contributed by atoms with Crippen LogP contribution in [0.5, 0.6) is 0 Å². The minimum absolute atomic E-state index is 0.0503. The van der Waals surface area contributed by atoms with Gasteiger partial charge in [0, 0.05) is 31.7 Å². The van der Waals surface area contributed by atoms with Crippen molar-refractivity contribution in [2.75, 3.05) is 18.0 Å². The van der Waals surface area contributed by atoms with Gasteiger partial charge in [0.1, 0.15) is 5.69 Å². The summed E-state index contributed by atoms with van der Waals surface area (Å²) in [5.74, 6) is 0.620. The predicted octanol–water partition coefficient (Wildman–Crippen LogP) is 1.49. The van der Waals surface area contributed by atoms with Gasteiger partial charge in [0.25, 0.3) is 5.56 Å². The average Bonchev–Trinajstić information content (AvgIpc) is 3.16. The van der Waals surface area contributed by atoms with E-state index in [2.05, 4.69) is 29.2 Å². The molecule has 0 bridgehead atoms. The number of hydrogen-bond acceptors (Lipinski definition) is 4. The Hall–Kier alpha value is -1.07. The molecule has 1 aliphatic heterocycles. The lowest BCUT2D eigenvalue weighted by atomic mass is 10.1. The van der Waals surface area contributed by atoms with E-state index in [1.54, 1.807) is 10.9 Å². The largest absolute Gasteiger partial charge is 0.363 e. The second-order valence-corrected chi connectivity index (χ2v) is 6.55. The molecule has 1 aromatic heterocycles. The molecule has 2 fully saturated rings. The molecule has 1 aromatic rings. The molecule has 1 saturated heterocycles. The molecule has 0 aromatic carbocycles. The van der Waals surface area contributed by atoms with Gasteiger partial charge in [-0.05, 0) is 32.6 Å². The second-order valence-electron chi connectivity index (χ2n) is 6.15. The van der Waals surface area contributed by atoms with Crippen LogP contribution in [-0.4, -0.2) is 35.0 Å². The zero-order chi connectivity index (χ0) is 14.3. The van der Waals surface area contributed by atoms with Crippen molar-refractivity contribution in [3.05, 3.63) is 21.6 Å². The van der Waals surface area contributed by atoms with Crippen molar-refractivity contribution < 1.29 is 0 Å². The number of piperazine rings is 1.